The first-order valence-corrected chi connectivity index (χ1v) is 10.4. The highest BCUT2D eigenvalue weighted by Gasteiger charge is 2.39. The number of pyridine rings is 2. The van der Waals surface area contributed by atoms with Gasteiger partial charge in [0.15, 0.2) is 17.2 Å². The molecule has 1 fully saturated rings. The van der Waals surface area contributed by atoms with Crippen LogP contribution in [0.15, 0.2) is 59.8 Å². The molecule has 3 N–H and O–H groups in total. The Hall–Kier alpha value is -4.90. The van der Waals surface area contributed by atoms with Crippen LogP contribution in [0.5, 0.6) is 0 Å². The van der Waals surface area contributed by atoms with Gasteiger partial charge in [0.2, 0.25) is 0 Å². The van der Waals surface area contributed by atoms with Crippen molar-refractivity contribution in [2.24, 2.45) is 0 Å². The van der Waals surface area contributed by atoms with Gasteiger partial charge in [-0.2, -0.15) is 9.59 Å². The number of alkyl halides is 1. The molecule has 35 heavy (non-hydrogen) atoms. The smallest absolute Gasteiger partial charge is 0.373 e. The molecule has 4 aromatic heterocycles. The van der Waals surface area contributed by atoms with Crippen molar-refractivity contribution in [3.8, 4) is 5.82 Å². The molecule has 5 rings (SSSR count). The van der Waals surface area contributed by atoms with E-state index in [9.17, 15) is 14.0 Å². The first-order valence-electron chi connectivity index (χ1n) is 10.4. The Balaban J connectivity index is 0.000000917. The number of amides is 1. The SMILES string of the molecule is CNc1cc(Nc2cccn(-c3ccccn3)c2=O)nn2c(C(=O)N[C@@H]3C[C@@H]3F)cnc12.O=C=O. The van der Waals surface area contributed by atoms with Crippen LogP contribution >= 0.6 is 0 Å². The lowest BCUT2D eigenvalue weighted by Crippen LogP contribution is -2.28. The fourth-order valence-electron chi connectivity index (χ4n) is 3.33. The molecule has 0 aliphatic heterocycles. The largest absolute Gasteiger partial charge is 0.385 e. The number of carbonyl (C=O) groups is 1. The van der Waals surface area contributed by atoms with E-state index in [0.717, 1.165) is 0 Å². The van der Waals surface area contributed by atoms with E-state index < -0.39 is 18.1 Å². The molecule has 0 unspecified atom stereocenters. The minimum absolute atomic E-state index is 0.165. The number of rotatable bonds is 6. The lowest BCUT2D eigenvalue weighted by Gasteiger charge is -2.11. The summed E-state index contributed by atoms with van der Waals surface area (Å²) in [5.74, 6) is 0.339. The molecule has 1 amide bonds. The van der Waals surface area contributed by atoms with Crippen LogP contribution in [0.2, 0.25) is 0 Å². The van der Waals surface area contributed by atoms with Crippen LogP contribution < -0.4 is 21.5 Å². The molecule has 0 aromatic carbocycles. The van der Waals surface area contributed by atoms with Crippen molar-refractivity contribution in [2.75, 3.05) is 17.7 Å². The second kappa shape index (κ2) is 9.93. The van der Waals surface area contributed by atoms with Crippen molar-refractivity contribution < 1.29 is 18.8 Å². The predicted molar refractivity (Wildman–Crippen MR) is 121 cm³/mol. The monoisotopic (exact) mass is 478 g/mol. The molecule has 2 atom stereocenters. The summed E-state index contributed by atoms with van der Waals surface area (Å²) in [6.45, 7) is 0. The molecule has 4 heterocycles. The van der Waals surface area contributed by atoms with Gasteiger partial charge in [-0.3, -0.25) is 14.2 Å². The normalized spacial score (nSPS) is 15.9. The maximum absolute atomic E-state index is 13.2. The van der Waals surface area contributed by atoms with Gasteiger partial charge in [0.05, 0.1) is 17.9 Å². The van der Waals surface area contributed by atoms with E-state index >= 15 is 0 Å². The number of aromatic nitrogens is 5. The molecule has 178 valence electrons. The topological polar surface area (TPSA) is 152 Å². The molecule has 0 bridgehead atoms. The molecule has 0 radical (unpaired) electrons. The van der Waals surface area contributed by atoms with E-state index in [1.807, 2.05) is 0 Å². The molecule has 1 aliphatic carbocycles. The number of hydrogen-bond acceptors (Lipinski definition) is 9. The molecular weight excluding hydrogens is 459 g/mol. The highest BCUT2D eigenvalue weighted by atomic mass is 19.1. The second-order valence-electron chi connectivity index (χ2n) is 7.40. The van der Waals surface area contributed by atoms with Gasteiger partial charge in [-0.25, -0.2) is 18.9 Å². The van der Waals surface area contributed by atoms with Crippen LogP contribution in [0.1, 0.15) is 16.9 Å². The van der Waals surface area contributed by atoms with Crippen molar-refractivity contribution in [3.05, 3.63) is 71.0 Å². The molecule has 0 spiro atoms. The van der Waals surface area contributed by atoms with Gasteiger partial charge in [-0.1, -0.05) is 6.07 Å². The van der Waals surface area contributed by atoms with Crippen LogP contribution in [0, 0.1) is 0 Å². The van der Waals surface area contributed by atoms with Crippen LogP contribution in [0.3, 0.4) is 0 Å². The van der Waals surface area contributed by atoms with Crippen molar-refractivity contribution in [1.29, 1.82) is 0 Å². The van der Waals surface area contributed by atoms with Gasteiger partial charge in [0.1, 0.15) is 17.7 Å². The van der Waals surface area contributed by atoms with Gasteiger partial charge >= 0.3 is 6.15 Å². The number of carbonyl (C=O) groups excluding carboxylic acids is 3. The maximum Gasteiger partial charge on any atom is 0.373 e. The van der Waals surface area contributed by atoms with E-state index in [0.29, 0.717) is 29.4 Å². The third kappa shape index (κ3) is 4.89. The van der Waals surface area contributed by atoms with Crippen LogP contribution in [0.25, 0.3) is 11.5 Å². The summed E-state index contributed by atoms with van der Waals surface area (Å²) in [6.07, 6.45) is 4.15. The molecule has 0 saturated heterocycles. The van der Waals surface area contributed by atoms with E-state index in [1.54, 1.807) is 55.8 Å². The van der Waals surface area contributed by atoms with Gasteiger partial charge in [-0.15, -0.1) is 5.10 Å². The number of imidazole rings is 1. The van der Waals surface area contributed by atoms with Crippen LogP contribution in [-0.2, 0) is 9.59 Å². The molecule has 4 aromatic rings. The molecule has 1 aliphatic rings. The number of nitrogens with one attached hydrogen (secondary N) is 3. The van der Waals surface area contributed by atoms with Gasteiger partial charge in [-0.05, 0) is 24.3 Å². The van der Waals surface area contributed by atoms with E-state index in [4.69, 9.17) is 9.59 Å². The molecular formula is C22H19FN8O4. The number of halogens is 1. The number of fused-ring (bicyclic) bond motifs is 1. The lowest BCUT2D eigenvalue weighted by molar-refractivity contribution is -0.191. The summed E-state index contributed by atoms with van der Waals surface area (Å²) >= 11 is 0. The summed E-state index contributed by atoms with van der Waals surface area (Å²) in [5.41, 5.74) is 1.15. The Bertz CT molecular complexity index is 1460. The lowest BCUT2D eigenvalue weighted by atomic mass is 10.3. The van der Waals surface area contributed by atoms with Crippen molar-refractivity contribution >= 4 is 34.9 Å². The Morgan fingerprint density at radius 3 is 2.60 bits per heavy atom. The third-order valence-electron chi connectivity index (χ3n) is 5.10. The van der Waals surface area contributed by atoms with Gasteiger partial charge < -0.3 is 16.0 Å². The van der Waals surface area contributed by atoms with Crippen molar-refractivity contribution in [2.45, 2.75) is 18.6 Å². The fourth-order valence-corrected chi connectivity index (χ4v) is 3.33. The van der Waals surface area contributed by atoms with E-state index in [2.05, 4.69) is 31.0 Å². The quantitative estimate of drug-likeness (QED) is 0.372. The standard InChI is InChI=1S/C21H19FN8O2.CO2/c1-23-15-10-17(26-13-5-4-8-29(21(13)32)18-6-2-3-7-24-18)28-30-16(11-25-19(15)30)20(31)27-14-9-12(14)22;2-1-3/h2-8,10-12,14,23H,9H2,1H3,(H,26,28)(H,27,31);/t12-,14+;/m0./s1. The van der Waals surface area contributed by atoms with Crippen LogP contribution in [-0.4, -0.2) is 55.5 Å². The maximum atomic E-state index is 13.2. The Morgan fingerprint density at radius 2 is 1.94 bits per heavy atom. The Labute approximate surface area is 196 Å². The van der Waals surface area contributed by atoms with Gasteiger partial charge in [0, 0.05) is 31.9 Å². The summed E-state index contributed by atoms with van der Waals surface area (Å²) in [7, 11) is 1.71. The first kappa shape index (κ1) is 23.3. The van der Waals surface area contributed by atoms with Crippen molar-refractivity contribution in [1.82, 2.24) is 29.5 Å². The molecule has 13 heteroatoms. The van der Waals surface area contributed by atoms with Crippen molar-refractivity contribution in [3.63, 3.8) is 0 Å². The zero-order chi connectivity index (χ0) is 24.9. The van der Waals surface area contributed by atoms with Gasteiger partial charge in [0.25, 0.3) is 11.5 Å². The first-order chi connectivity index (χ1) is 17.0. The summed E-state index contributed by atoms with van der Waals surface area (Å²) < 4.78 is 16.0. The number of nitrogens with zero attached hydrogens (tertiary/aromatic N) is 5. The Kier molecular flexibility index (Phi) is 6.60. The fraction of sp³-hybridized carbons (Fsp3) is 0.182. The minimum Gasteiger partial charge on any atom is -0.385 e. The number of anilines is 3. The third-order valence-corrected chi connectivity index (χ3v) is 5.10. The van der Waals surface area contributed by atoms with E-state index in [-0.39, 0.29) is 23.1 Å². The molecule has 1 saturated carbocycles. The molecule has 12 nitrogen and oxygen atoms in total. The number of hydrogen-bond donors (Lipinski definition) is 3. The van der Waals surface area contributed by atoms with Crippen LogP contribution in [0.4, 0.5) is 21.6 Å². The summed E-state index contributed by atoms with van der Waals surface area (Å²) in [4.78, 5) is 50.3. The zero-order valence-corrected chi connectivity index (χ0v) is 18.3. The minimum atomic E-state index is -1.02. The average molecular weight is 478 g/mol. The highest BCUT2D eigenvalue weighted by molar-refractivity contribution is 5.94. The summed E-state index contributed by atoms with van der Waals surface area (Å²) in [6, 6.07) is 9.84. The second-order valence-corrected chi connectivity index (χ2v) is 7.40. The van der Waals surface area contributed by atoms with E-state index in [1.165, 1.54) is 15.3 Å². The Morgan fingerprint density at radius 1 is 1.17 bits per heavy atom. The zero-order valence-electron chi connectivity index (χ0n) is 18.3. The predicted octanol–water partition coefficient (Wildman–Crippen LogP) is 1.32. The average Bonchev–Trinajstić information content (AvgIpc) is 3.37. The highest BCUT2D eigenvalue weighted by Crippen LogP contribution is 2.26. The summed E-state index contributed by atoms with van der Waals surface area (Å²) in [5, 5.41) is 13.1.